The molecular weight excluding hydrogens is 288 g/mol. The lowest BCUT2D eigenvalue weighted by Crippen LogP contribution is -2.10. The molecule has 0 radical (unpaired) electrons. The Morgan fingerprint density at radius 1 is 0.913 bits per heavy atom. The average Bonchev–Trinajstić information content (AvgIpc) is 2.62. The Morgan fingerprint density at radius 3 is 2.17 bits per heavy atom. The van der Waals surface area contributed by atoms with Crippen molar-refractivity contribution in [2.45, 2.75) is 18.3 Å². The molecular formula is C19H18N2O2. The summed E-state index contributed by atoms with van der Waals surface area (Å²) in [6, 6.07) is 19.6. The van der Waals surface area contributed by atoms with E-state index in [0.717, 1.165) is 11.1 Å². The second kappa shape index (κ2) is 7.87. The van der Waals surface area contributed by atoms with E-state index in [-0.39, 0.29) is 12.3 Å². The largest absolute Gasteiger partial charge is 0.493 e. The molecule has 23 heavy (non-hydrogen) atoms. The van der Waals surface area contributed by atoms with E-state index in [1.807, 2.05) is 42.5 Å². The Labute approximate surface area is 136 Å². The molecule has 2 aromatic carbocycles. The first-order valence-corrected chi connectivity index (χ1v) is 7.28. The highest BCUT2D eigenvalue weighted by molar-refractivity contribution is 5.45. The molecule has 0 aliphatic rings. The van der Waals surface area contributed by atoms with E-state index in [1.54, 1.807) is 20.3 Å². The van der Waals surface area contributed by atoms with Gasteiger partial charge in [-0.1, -0.05) is 36.4 Å². The predicted molar refractivity (Wildman–Crippen MR) is 87.3 cm³/mol. The van der Waals surface area contributed by atoms with Crippen molar-refractivity contribution in [3.05, 3.63) is 59.7 Å². The van der Waals surface area contributed by atoms with Gasteiger partial charge in [-0.05, 0) is 23.3 Å². The Bertz CT molecular complexity index is 729. The predicted octanol–water partition coefficient (Wildman–Crippen LogP) is 4.01. The van der Waals surface area contributed by atoms with Gasteiger partial charge < -0.3 is 9.47 Å². The molecule has 0 saturated heterocycles. The lowest BCUT2D eigenvalue weighted by molar-refractivity contribution is 0.354. The zero-order valence-corrected chi connectivity index (χ0v) is 13.2. The topological polar surface area (TPSA) is 66.0 Å². The third-order valence-electron chi connectivity index (χ3n) is 3.85. The minimum Gasteiger partial charge on any atom is -0.493 e. The Hall–Kier alpha value is -2.98. The van der Waals surface area contributed by atoms with Crippen LogP contribution in [-0.4, -0.2) is 14.2 Å². The average molecular weight is 306 g/mol. The molecule has 0 spiro atoms. The minimum atomic E-state index is -0.394. The third kappa shape index (κ3) is 3.62. The first kappa shape index (κ1) is 16.4. The van der Waals surface area contributed by atoms with Gasteiger partial charge in [0.25, 0.3) is 0 Å². The highest BCUT2D eigenvalue weighted by Crippen LogP contribution is 2.38. The molecule has 0 unspecified atom stereocenters. The van der Waals surface area contributed by atoms with Crippen LogP contribution in [0.15, 0.2) is 48.5 Å². The molecule has 0 saturated carbocycles. The van der Waals surface area contributed by atoms with Crippen molar-refractivity contribution in [3.63, 3.8) is 0 Å². The van der Waals surface area contributed by atoms with Crippen LogP contribution in [0.2, 0.25) is 0 Å². The van der Waals surface area contributed by atoms with Crippen molar-refractivity contribution in [2.75, 3.05) is 14.2 Å². The van der Waals surface area contributed by atoms with Crippen LogP contribution in [0, 0.1) is 22.7 Å². The Kier molecular flexibility index (Phi) is 5.61. The zero-order valence-electron chi connectivity index (χ0n) is 13.2. The fourth-order valence-electron chi connectivity index (χ4n) is 2.67. The summed E-state index contributed by atoms with van der Waals surface area (Å²) < 4.78 is 10.6. The summed E-state index contributed by atoms with van der Waals surface area (Å²) in [6.45, 7) is 0. The van der Waals surface area contributed by atoms with Crippen LogP contribution >= 0.6 is 0 Å². The Balaban J connectivity index is 2.46. The van der Waals surface area contributed by atoms with E-state index in [4.69, 9.17) is 9.47 Å². The van der Waals surface area contributed by atoms with E-state index < -0.39 is 5.92 Å². The van der Waals surface area contributed by atoms with Crippen molar-refractivity contribution in [3.8, 4) is 23.6 Å². The van der Waals surface area contributed by atoms with E-state index in [1.165, 1.54) is 0 Å². The maximum atomic E-state index is 9.65. The summed E-state index contributed by atoms with van der Waals surface area (Å²) >= 11 is 0. The molecule has 0 aliphatic heterocycles. The number of benzene rings is 2. The fourth-order valence-corrected chi connectivity index (χ4v) is 2.67. The van der Waals surface area contributed by atoms with Crippen molar-refractivity contribution in [2.24, 2.45) is 0 Å². The van der Waals surface area contributed by atoms with Crippen LogP contribution in [0.1, 0.15) is 29.4 Å². The maximum Gasteiger partial charge on any atom is 0.160 e. The molecule has 0 bridgehead atoms. The van der Waals surface area contributed by atoms with Gasteiger partial charge in [-0.15, -0.1) is 0 Å². The third-order valence-corrected chi connectivity index (χ3v) is 3.85. The molecule has 0 N–H and O–H groups in total. The SMILES string of the molecule is COc1ccc([C@H](CC#N)[C@H](C#N)c2ccccc2)cc1OC. The van der Waals surface area contributed by atoms with Gasteiger partial charge in [0.15, 0.2) is 11.5 Å². The second-order valence-electron chi connectivity index (χ2n) is 5.10. The van der Waals surface area contributed by atoms with Crippen molar-refractivity contribution in [1.82, 2.24) is 0 Å². The number of methoxy groups -OCH3 is 2. The molecule has 0 aliphatic carbocycles. The highest BCUT2D eigenvalue weighted by atomic mass is 16.5. The van der Waals surface area contributed by atoms with Crippen molar-refractivity contribution in [1.29, 1.82) is 10.5 Å². The maximum absolute atomic E-state index is 9.65. The lowest BCUT2D eigenvalue weighted by atomic mass is 9.80. The number of nitrogens with zero attached hydrogens (tertiary/aromatic N) is 2. The smallest absolute Gasteiger partial charge is 0.160 e. The van der Waals surface area contributed by atoms with Crippen LogP contribution in [0.3, 0.4) is 0 Å². The second-order valence-corrected chi connectivity index (χ2v) is 5.10. The molecule has 0 aromatic heterocycles. The molecule has 116 valence electrons. The van der Waals surface area contributed by atoms with Gasteiger partial charge in [0, 0.05) is 12.3 Å². The van der Waals surface area contributed by atoms with Crippen LogP contribution in [0.5, 0.6) is 11.5 Å². The molecule has 4 nitrogen and oxygen atoms in total. The molecule has 0 amide bonds. The normalized spacial score (nSPS) is 12.5. The van der Waals surface area contributed by atoms with Crippen LogP contribution in [0.4, 0.5) is 0 Å². The van der Waals surface area contributed by atoms with Gasteiger partial charge in [0.2, 0.25) is 0 Å². The first-order chi connectivity index (χ1) is 11.2. The molecule has 4 heteroatoms. The van der Waals surface area contributed by atoms with Crippen molar-refractivity contribution >= 4 is 0 Å². The minimum absolute atomic E-state index is 0.229. The van der Waals surface area contributed by atoms with Crippen LogP contribution in [-0.2, 0) is 0 Å². The van der Waals surface area contributed by atoms with E-state index in [9.17, 15) is 10.5 Å². The van der Waals surface area contributed by atoms with Crippen LogP contribution < -0.4 is 9.47 Å². The van der Waals surface area contributed by atoms with Gasteiger partial charge in [-0.2, -0.15) is 10.5 Å². The number of hydrogen-bond acceptors (Lipinski definition) is 4. The molecule has 2 rings (SSSR count). The molecule has 0 heterocycles. The summed E-state index contributed by atoms with van der Waals surface area (Å²) in [6.07, 6.45) is 0.253. The number of rotatable bonds is 6. The molecule has 0 fully saturated rings. The standard InChI is InChI=1S/C19H18N2O2/c1-22-18-9-8-15(12-19(18)23-2)16(10-11-20)17(13-21)14-6-4-3-5-7-14/h3-9,12,16-17H,10H2,1-2H3/t16-,17+/m0/s1. The van der Waals surface area contributed by atoms with Gasteiger partial charge in [-0.25, -0.2) is 0 Å². The number of nitriles is 2. The lowest BCUT2D eigenvalue weighted by Gasteiger charge is -2.21. The van der Waals surface area contributed by atoms with Gasteiger partial charge in [0.05, 0.1) is 32.3 Å². The van der Waals surface area contributed by atoms with E-state index in [0.29, 0.717) is 11.5 Å². The number of ether oxygens (including phenoxy) is 2. The van der Waals surface area contributed by atoms with Gasteiger partial charge in [0.1, 0.15) is 0 Å². The van der Waals surface area contributed by atoms with Gasteiger partial charge in [-0.3, -0.25) is 0 Å². The van der Waals surface area contributed by atoms with Crippen LogP contribution in [0.25, 0.3) is 0 Å². The first-order valence-electron chi connectivity index (χ1n) is 7.28. The van der Waals surface area contributed by atoms with Gasteiger partial charge >= 0.3 is 0 Å². The zero-order chi connectivity index (χ0) is 16.7. The summed E-state index contributed by atoms with van der Waals surface area (Å²) in [4.78, 5) is 0. The quantitative estimate of drug-likeness (QED) is 0.808. The monoisotopic (exact) mass is 306 g/mol. The van der Waals surface area contributed by atoms with E-state index in [2.05, 4.69) is 12.1 Å². The number of hydrogen-bond donors (Lipinski definition) is 0. The van der Waals surface area contributed by atoms with Crippen molar-refractivity contribution < 1.29 is 9.47 Å². The highest BCUT2D eigenvalue weighted by Gasteiger charge is 2.25. The summed E-state index contributed by atoms with van der Waals surface area (Å²) in [7, 11) is 3.15. The summed E-state index contributed by atoms with van der Waals surface area (Å²) in [5.41, 5.74) is 1.80. The Morgan fingerprint density at radius 2 is 1.61 bits per heavy atom. The summed E-state index contributed by atoms with van der Waals surface area (Å²) in [5.74, 6) is 0.596. The van der Waals surface area contributed by atoms with E-state index >= 15 is 0 Å². The molecule has 2 aromatic rings. The fraction of sp³-hybridized carbons (Fsp3) is 0.263. The summed E-state index contributed by atoms with van der Waals surface area (Å²) in [5, 5.41) is 18.9. The molecule has 2 atom stereocenters.